The minimum atomic E-state index is -0.317. The SMILES string of the molecule is CCOC(=O)CSCC(=O)Cc1ccc(F)cc1. The van der Waals surface area contributed by atoms with Crippen LogP contribution in [0.4, 0.5) is 4.39 Å². The first-order valence-corrected chi connectivity index (χ1v) is 6.76. The van der Waals surface area contributed by atoms with E-state index in [-0.39, 0.29) is 35.5 Å². The highest BCUT2D eigenvalue weighted by molar-refractivity contribution is 8.00. The molecule has 3 nitrogen and oxygen atoms in total. The quantitative estimate of drug-likeness (QED) is 0.713. The summed E-state index contributed by atoms with van der Waals surface area (Å²) in [4.78, 5) is 22.6. The summed E-state index contributed by atoms with van der Waals surface area (Å²) in [5, 5.41) is 0. The summed E-state index contributed by atoms with van der Waals surface area (Å²) >= 11 is 1.23. The van der Waals surface area contributed by atoms with E-state index in [0.29, 0.717) is 6.61 Å². The molecule has 0 spiro atoms. The van der Waals surface area contributed by atoms with Gasteiger partial charge in [-0.25, -0.2) is 4.39 Å². The van der Waals surface area contributed by atoms with Gasteiger partial charge in [-0.3, -0.25) is 9.59 Å². The van der Waals surface area contributed by atoms with Crippen molar-refractivity contribution in [3.8, 4) is 0 Å². The lowest BCUT2D eigenvalue weighted by Crippen LogP contribution is -2.11. The van der Waals surface area contributed by atoms with Crippen LogP contribution in [0.3, 0.4) is 0 Å². The van der Waals surface area contributed by atoms with Crippen LogP contribution in [0.15, 0.2) is 24.3 Å². The number of Topliss-reactive ketones (excluding diaryl/α,β-unsaturated/α-hetero) is 1. The van der Waals surface area contributed by atoms with E-state index in [1.807, 2.05) is 0 Å². The van der Waals surface area contributed by atoms with Crippen molar-refractivity contribution < 1.29 is 18.7 Å². The molecule has 0 saturated heterocycles. The van der Waals surface area contributed by atoms with Crippen molar-refractivity contribution >= 4 is 23.5 Å². The van der Waals surface area contributed by atoms with Crippen molar-refractivity contribution in [1.82, 2.24) is 0 Å². The Kier molecular flexibility index (Phi) is 6.43. The lowest BCUT2D eigenvalue weighted by molar-refractivity contribution is -0.139. The topological polar surface area (TPSA) is 43.4 Å². The number of ether oxygens (including phenoxy) is 1. The minimum absolute atomic E-state index is 0.0101. The Hall–Kier alpha value is -1.36. The van der Waals surface area contributed by atoms with Crippen molar-refractivity contribution in [3.05, 3.63) is 35.6 Å². The van der Waals surface area contributed by atoms with Crippen molar-refractivity contribution in [2.24, 2.45) is 0 Å². The third kappa shape index (κ3) is 5.82. The van der Waals surface area contributed by atoms with Crippen LogP contribution in [-0.2, 0) is 20.7 Å². The summed E-state index contributed by atoms with van der Waals surface area (Å²) in [7, 11) is 0. The Balaban J connectivity index is 2.25. The molecule has 0 bridgehead atoms. The summed E-state index contributed by atoms with van der Waals surface area (Å²) in [6, 6.07) is 5.83. The van der Waals surface area contributed by atoms with Gasteiger partial charge in [0.15, 0.2) is 0 Å². The molecule has 0 heterocycles. The van der Waals surface area contributed by atoms with Gasteiger partial charge in [0.25, 0.3) is 0 Å². The van der Waals surface area contributed by atoms with Crippen molar-refractivity contribution in [1.29, 1.82) is 0 Å². The Morgan fingerprint density at radius 2 is 1.89 bits per heavy atom. The average Bonchev–Trinajstić information content (AvgIpc) is 2.32. The fourth-order valence-electron chi connectivity index (χ4n) is 1.33. The molecule has 0 atom stereocenters. The van der Waals surface area contributed by atoms with E-state index in [1.165, 1.54) is 23.9 Å². The van der Waals surface area contributed by atoms with Crippen LogP contribution in [0.2, 0.25) is 0 Å². The van der Waals surface area contributed by atoms with Crippen LogP contribution >= 0.6 is 11.8 Å². The number of thioether (sulfide) groups is 1. The van der Waals surface area contributed by atoms with Gasteiger partial charge in [0.1, 0.15) is 11.6 Å². The number of rotatable bonds is 7. The molecule has 0 aliphatic heterocycles. The standard InChI is InChI=1S/C13H15FO3S/c1-2-17-13(16)9-18-8-12(15)7-10-3-5-11(14)6-4-10/h3-6H,2,7-9H2,1H3. The number of benzene rings is 1. The number of halogens is 1. The maximum atomic E-state index is 12.6. The molecule has 1 aromatic rings. The maximum Gasteiger partial charge on any atom is 0.315 e. The van der Waals surface area contributed by atoms with Crippen molar-refractivity contribution in [2.75, 3.05) is 18.1 Å². The van der Waals surface area contributed by atoms with Crippen LogP contribution in [0.1, 0.15) is 12.5 Å². The van der Waals surface area contributed by atoms with Gasteiger partial charge in [-0.1, -0.05) is 12.1 Å². The predicted molar refractivity (Wildman–Crippen MR) is 69.1 cm³/mol. The molecule has 1 aromatic carbocycles. The molecular weight excluding hydrogens is 255 g/mol. The second kappa shape index (κ2) is 7.87. The Morgan fingerprint density at radius 1 is 1.22 bits per heavy atom. The van der Waals surface area contributed by atoms with Gasteiger partial charge in [0.05, 0.1) is 18.1 Å². The molecule has 0 fully saturated rings. The monoisotopic (exact) mass is 270 g/mol. The summed E-state index contributed by atoms with van der Waals surface area (Å²) < 4.78 is 17.4. The maximum absolute atomic E-state index is 12.6. The highest BCUT2D eigenvalue weighted by Gasteiger charge is 2.07. The first-order valence-electron chi connectivity index (χ1n) is 5.61. The molecule has 18 heavy (non-hydrogen) atoms. The van der Waals surface area contributed by atoms with Crippen molar-refractivity contribution in [3.63, 3.8) is 0 Å². The molecular formula is C13H15FO3S. The van der Waals surface area contributed by atoms with Crippen LogP contribution in [0.25, 0.3) is 0 Å². The van der Waals surface area contributed by atoms with Crippen molar-refractivity contribution in [2.45, 2.75) is 13.3 Å². The van der Waals surface area contributed by atoms with Gasteiger partial charge in [-0.05, 0) is 24.6 Å². The third-order valence-electron chi connectivity index (χ3n) is 2.10. The minimum Gasteiger partial charge on any atom is -0.465 e. The zero-order valence-corrected chi connectivity index (χ0v) is 11.0. The fraction of sp³-hybridized carbons (Fsp3) is 0.385. The normalized spacial score (nSPS) is 10.1. The number of ketones is 1. The van der Waals surface area contributed by atoms with E-state index >= 15 is 0 Å². The van der Waals surface area contributed by atoms with E-state index < -0.39 is 0 Å². The number of hydrogen-bond acceptors (Lipinski definition) is 4. The molecule has 1 rings (SSSR count). The average molecular weight is 270 g/mol. The molecule has 0 aromatic heterocycles. The van der Waals surface area contributed by atoms with Crippen LogP contribution in [0.5, 0.6) is 0 Å². The van der Waals surface area contributed by atoms with Crippen LogP contribution in [0, 0.1) is 5.82 Å². The molecule has 0 amide bonds. The van der Waals surface area contributed by atoms with E-state index in [2.05, 4.69) is 0 Å². The number of esters is 1. The second-order valence-corrected chi connectivity index (χ2v) is 4.63. The molecule has 0 aliphatic rings. The summed E-state index contributed by atoms with van der Waals surface area (Å²) in [6.45, 7) is 2.09. The Morgan fingerprint density at radius 3 is 2.50 bits per heavy atom. The highest BCUT2D eigenvalue weighted by Crippen LogP contribution is 2.07. The van der Waals surface area contributed by atoms with Gasteiger partial charge in [0.2, 0.25) is 0 Å². The number of hydrogen-bond donors (Lipinski definition) is 0. The first-order chi connectivity index (χ1) is 8.61. The summed E-state index contributed by atoms with van der Waals surface area (Å²) in [5.74, 6) is -0.171. The zero-order valence-electron chi connectivity index (χ0n) is 10.1. The smallest absolute Gasteiger partial charge is 0.315 e. The van der Waals surface area contributed by atoms with Crippen LogP contribution in [-0.4, -0.2) is 29.9 Å². The van der Waals surface area contributed by atoms with E-state index in [0.717, 1.165) is 5.56 Å². The van der Waals surface area contributed by atoms with Gasteiger partial charge < -0.3 is 4.74 Å². The summed E-state index contributed by atoms with van der Waals surface area (Å²) in [6.07, 6.45) is 0.260. The predicted octanol–water partition coefficient (Wildman–Crippen LogP) is 2.23. The van der Waals surface area contributed by atoms with Gasteiger partial charge >= 0.3 is 5.97 Å². The van der Waals surface area contributed by atoms with Gasteiger partial charge in [0, 0.05) is 6.42 Å². The van der Waals surface area contributed by atoms with E-state index in [1.54, 1.807) is 19.1 Å². The van der Waals surface area contributed by atoms with Crippen LogP contribution < -0.4 is 0 Å². The third-order valence-corrected chi connectivity index (χ3v) is 3.07. The molecule has 0 unspecified atom stereocenters. The molecule has 0 aliphatic carbocycles. The first kappa shape index (κ1) is 14.7. The Bertz CT molecular complexity index is 403. The van der Waals surface area contributed by atoms with Gasteiger partial charge in [-0.15, -0.1) is 11.8 Å². The largest absolute Gasteiger partial charge is 0.465 e. The fourth-order valence-corrected chi connectivity index (χ4v) is 2.01. The number of carbonyl (C=O) groups is 2. The molecule has 98 valence electrons. The van der Waals surface area contributed by atoms with E-state index in [4.69, 9.17) is 4.74 Å². The molecule has 0 N–H and O–H groups in total. The lowest BCUT2D eigenvalue weighted by atomic mass is 10.1. The molecule has 0 saturated carbocycles. The van der Waals surface area contributed by atoms with Gasteiger partial charge in [-0.2, -0.15) is 0 Å². The van der Waals surface area contributed by atoms with E-state index in [9.17, 15) is 14.0 Å². The molecule has 5 heteroatoms. The number of carbonyl (C=O) groups excluding carboxylic acids is 2. The zero-order chi connectivity index (χ0) is 13.4. The molecule has 0 radical (unpaired) electrons. The lowest BCUT2D eigenvalue weighted by Gasteiger charge is -2.02. The second-order valence-electron chi connectivity index (χ2n) is 3.64. The Labute approximate surface area is 110 Å². The highest BCUT2D eigenvalue weighted by atomic mass is 32.2. The summed E-state index contributed by atoms with van der Waals surface area (Å²) in [5.41, 5.74) is 0.776.